The first kappa shape index (κ1) is 23.1. The summed E-state index contributed by atoms with van der Waals surface area (Å²) in [4.78, 5) is 54.7. The number of nitrogens with one attached hydrogen (secondary N) is 2. The van der Waals surface area contributed by atoms with Gasteiger partial charge in [0.1, 0.15) is 11.3 Å². The monoisotopic (exact) mass is 419 g/mol. The Bertz CT molecular complexity index is 1030. The van der Waals surface area contributed by atoms with Crippen molar-refractivity contribution < 1.29 is 14.7 Å². The first-order chi connectivity index (χ1) is 14.4. The van der Waals surface area contributed by atoms with E-state index in [0.717, 1.165) is 37.8 Å². The maximum Gasteiger partial charge on any atom is 0.332 e. The normalized spacial score (nSPS) is 11.4. The molecule has 0 spiro atoms. The summed E-state index contributed by atoms with van der Waals surface area (Å²) >= 11 is 0. The van der Waals surface area contributed by atoms with Crippen molar-refractivity contribution in [3.63, 3.8) is 0 Å². The number of rotatable bonds is 12. The number of aromatic amines is 1. The summed E-state index contributed by atoms with van der Waals surface area (Å²) in [6.45, 7) is 5.21. The molecule has 0 fully saturated rings. The third-order valence-electron chi connectivity index (χ3n) is 4.57. The van der Waals surface area contributed by atoms with Gasteiger partial charge in [-0.25, -0.2) is 14.6 Å². The number of aliphatic carboxylic acids is 1. The van der Waals surface area contributed by atoms with Gasteiger partial charge in [-0.15, -0.1) is 0 Å². The van der Waals surface area contributed by atoms with Crippen molar-refractivity contribution in [3.05, 3.63) is 38.8 Å². The highest BCUT2D eigenvalue weighted by atomic mass is 16.4. The predicted molar refractivity (Wildman–Crippen MR) is 113 cm³/mol. The summed E-state index contributed by atoms with van der Waals surface area (Å²) in [6, 6.07) is 0. The smallest absolute Gasteiger partial charge is 0.332 e. The van der Waals surface area contributed by atoms with Crippen LogP contribution in [0, 0.1) is 0 Å². The van der Waals surface area contributed by atoms with E-state index in [1.807, 2.05) is 13.8 Å². The molecule has 2 aromatic rings. The Kier molecular flexibility index (Phi) is 8.57. The molecule has 0 radical (unpaired) electrons. The number of nitrogens with zero attached hydrogens (tertiary/aromatic N) is 3. The Morgan fingerprint density at radius 3 is 2.43 bits per heavy atom. The second-order valence-corrected chi connectivity index (χ2v) is 7.05. The molecule has 2 heterocycles. The number of carboxylic acid groups (broad SMARTS) is 1. The molecule has 0 atom stereocenters. The second kappa shape index (κ2) is 11.1. The summed E-state index contributed by atoms with van der Waals surface area (Å²) in [5, 5.41) is 11.1. The Morgan fingerprint density at radius 1 is 1.07 bits per heavy atom. The van der Waals surface area contributed by atoms with Crippen LogP contribution in [0.5, 0.6) is 0 Å². The Labute approximate surface area is 173 Å². The molecule has 0 aliphatic rings. The van der Waals surface area contributed by atoms with Crippen LogP contribution in [0.15, 0.2) is 21.7 Å². The molecule has 164 valence electrons. The van der Waals surface area contributed by atoms with E-state index < -0.39 is 11.9 Å². The van der Waals surface area contributed by atoms with Gasteiger partial charge in [-0.3, -0.25) is 18.7 Å². The zero-order chi connectivity index (χ0) is 22.1. The lowest BCUT2D eigenvalue weighted by atomic mass is 10.2. The lowest BCUT2D eigenvalue weighted by Gasteiger charge is -2.09. The third-order valence-corrected chi connectivity index (χ3v) is 4.57. The Balaban J connectivity index is 1.99. The van der Waals surface area contributed by atoms with Crippen molar-refractivity contribution in [3.8, 4) is 0 Å². The molecule has 0 unspecified atom stereocenters. The molecule has 2 rings (SSSR count). The van der Waals surface area contributed by atoms with Gasteiger partial charge in [-0.1, -0.05) is 20.3 Å². The van der Waals surface area contributed by atoms with Gasteiger partial charge in [0, 0.05) is 38.2 Å². The first-order valence-electron chi connectivity index (χ1n) is 10.3. The molecule has 10 heteroatoms. The second-order valence-electron chi connectivity index (χ2n) is 7.05. The van der Waals surface area contributed by atoms with Crippen LogP contribution in [0.3, 0.4) is 0 Å². The molecule has 0 saturated heterocycles. The molecule has 10 nitrogen and oxygen atoms in total. The quantitative estimate of drug-likeness (QED) is 0.349. The van der Waals surface area contributed by atoms with E-state index in [-0.39, 0.29) is 11.2 Å². The summed E-state index contributed by atoms with van der Waals surface area (Å²) < 4.78 is 2.83. The molecular formula is C20H29N5O5. The van der Waals surface area contributed by atoms with E-state index >= 15 is 0 Å². The van der Waals surface area contributed by atoms with Gasteiger partial charge in [-0.05, 0) is 25.7 Å². The van der Waals surface area contributed by atoms with Gasteiger partial charge >= 0.3 is 11.7 Å². The maximum atomic E-state index is 12.7. The van der Waals surface area contributed by atoms with Crippen LogP contribution >= 0.6 is 0 Å². The summed E-state index contributed by atoms with van der Waals surface area (Å²) in [5.41, 5.74) is 0.123. The summed E-state index contributed by atoms with van der Waals surface area (Å²) in [6.07, 6.45) is 6.20. The fourth-order valence-corrected chi connectivity index (χ4v) is 3.19. The van der Waals surface area contributed by atoms with Crippen LogP contribution < -0.4 is 16.6 Å². The van der Waals surface area contributed by atoms with Crippen molar-refractivity contribution in [1.29, 1.82) is 0 Å². The number of amides is 1. The van der Waals surface area contributed by atoms with E-state index in [4.69, 9.17) is 5.11 Å². The standard InChI is InChI=1S/C20H29N5O5/c1-3-12-24-18-17(19(29)25(13-4-2)20(24)30)22-14(23-18)8-6-5-7-11-21-15(26)9-10-16(27)28/h9-10H,3-8,11-13H2,1-2H3,(H,21,26)(H,22,23)(H,27,28)/b10-9+. The lowest BCUT2D eigenvalue weighted by molar-refractivity contribution is -0.131. The third kappa shape index (κ3) is 5.91. The van der Waals surface area contributed by atoms with E-state index in [1.54, 1.807) is 4.57 Å². The minimum absolute atomic E-state index is 0.318. The van der Waals surface area contributed by atoms with Crippen LogP contribution in [-0.4, -0.2) is 42.6 Å². The number of aromatic nitrogens is 4. The van der Waals surface area contributed by atoms with Crippen molar-refractivity contribution in [2.45, 2.75) is 65.5 Å². The van der Waals surface area contributed by atoms with Gasteiger partial charge in [0.2, 0.25) is 5.91 Å². The Morgan fingerprint density at radius 2 is 1.77 bits per heavy atom. The van der Waals surface area contributed by atoms with Gasteiger partial charge in [0.15, 0.2) is 5.65 Å². The highest BCUT2D eigenvalue weighted by Gasteiger charge is 2.16. The molecule has 2 aromatic heterocycles. The zero-order valence-electron chi connectivity index (χ0n) is 17.4. The number of unbranched alkanes of at least 4 members (excludes halogenated alkanes) is 2. The topological polar surface area (TPSA) is 139 Å². The fourth-order valence-electron chi connectivity index (χ4n) is 3.19. The number of fused-ring (bicyclic) bond motifs is 1. The van der Waals surface area contributed by atoms with Gasteiger partial charge in [0.25, 0.3) is 5.56 Å². The highest BCUT2D eigenvalue weighted by Crippen LogP contribution is 2.10. The average molecular weight is 419 g/mol. The number of H-pyrrole nitrogens is 1. The molecule has 0 saturated carbocycles. The molecule has 3 N–H and O–H groups in total. The van der Waals surface area contributed by atoms with Crippen LogP contribution in [0.1, 0.15) is 51.8 Å². The van der Waals surface area contributed by atoms with Crippen LogP contribution in [0.2, 0.25) is 0 Å². The number of carboxylic acids is 1. The number of hydrogen-bond acceptors (Lipinski definition) is 5. The molecule has 0 aliphatic heterocycles. The van der Waals surface area contributed by atoms with Gasteiger partial charge < -0.3 is 15.4 Å². The van der Waals surface area contributed by atoms with Crippen molar-refractivity contribution in [1.82, 2.24) is 24.4 Å². The lowest BCUT2D eigenvalue weighted by Crippen LogP contribution is -2.40. The molecule has 0 bridgehead atoms. The maximum absolute atomic E-state index is 12.7. The van der Waals surface area contributed by atoms with Crippen LogP contribution in [0.4, 0.5) is 0 Å². The fraction of sp³-hybridized carbons (Fsp3) is 0.550. The van der Waals surface area contributed by atoms with Crippen molar-refractivity contribution in [2.24, 2.45) is 0 Å². The number of hydrogen-bond donors (Lipinski definition) is 3. The van der Waals surface area contributed by atoms with E-state index in [2.05, 4.69) is 15.3 Å². The van der Waals surface area contributed by atoms with E-state index in [0.29, 0.717) is 49.5 Å². The number of aryl methyl sites for hydroxylation is 2. The highest BCUT2D eigenvalue weighted by molar-refractivity contribution is 5.93. The Hall–Kier alpha value is -3.17. The summed E-state index contributed by atoms with van der Waals surface area (Å²) in [5.74, 6) is -0.942. The number of imidazole rings is 1. The number of carbonyl (C=O) groups is 2. The molecule has 0 aliphatic carbocycles. The van der Waals surface area contributed by atoms with Gasteiger partial charge in [0.05, 0.1) is 0 Å². The molecule has 30 heavy (non-hydrogen) atoms. The average Bonchev–Trinajstić information content (AvgIpc) is 3.13. The molecular weight excluding hydrogens is 390 g/mol. The minimum atomic E-state index is -1.17. The summed E-state index contributed by atoms with van der Waals surface area (Å²) in [7, 11) is 0. The van der Waals surface area contributed by atoms with Crippen LogP contribution in [-0.2, 0) is 29.1 Å². The van der Waals surface area contributed by atoms with E-state index in [1.165, 1.54) is 4.57 Å². The first-order valence-corrected chi connectivity index (χ1v) is 10.3. The zero-order valence-corrected chi connectivity index (χ0v) is 17.4. The van der Waals surface area contributed by atoms with Gasteiger partial charge in [-0.2, -0.15) is 0 Å². The SMILES string of the molecule is CCCn1c(=O)c2[nH]c(CCCCCNC(=O)/C=C/C(=O)O)nc2n(CCC)c1=O. The molecule has 0 aromatic carbocycles. The van der Waals surface area contributed by atoms with E-state index in [9.17, 15) is 19.2 Å². The minimum Gasteiger partial charge on any atom is -0.478 e. The number of carbonyl (C=O) groups excluding carboxylic acids is 1. The largest absolute Gasteiger partial charge is 0.478 e. The predicted octanol–water partition coefficient (Wildman–Crippen LogP) is 1.18. The van der Waals surface area contributed by atoms with Crippen molar-refractivity contribution >= 4 is 23.0 Å². The van der Waals surface area contributed by atoms with Crippen molar-refractivity contribution in [2.75, 3.05) is 6.54 Å². The van der Waals surface area contributed by atoms with Crippen LogP contribution in [0.25, 0.3) is 11.2 Å². The molecule has 1 amide bonds.